The first-order valence-corrected chi connectivity index (χ1v) is 17.8. The van der Waals surface area contributed by atoms with Crippen molar-refractivity contribution in [1.82, 2.24) is 33.9 Å². The first kappa shape index (κ1) is 37.3. The van der Waals surface area contributed by atoms with Crippen molar-refractivity contribution in [3.8, 4) is 11.5 Å². The number of aliphatic hydroxyl groups is 1. The average Bonchev–Trinajstić information content (AvgIpc) is 3.91. The molecule has 0 atom stereocenters. The molecule has 6 aromatic rings. The summed E-state index contributed by atoms with van der Waals surface area (Å²) in [6, 6.07) is 7.67. The Balaban J connectivity index is 1.31. The summed E-state index contributed by atoms with van der Waals surface area (Å²) in [6.07, 6.45) is 4.43. The first-order valence-electron chi connectivity index (χ1n) is 17.8. The second-order valence-electron chi connectivity index (χ2n) is 12.9. The van der Waals surface area contributed by atoms with Gasteiger partial charge in [-0.25, -0.2) is 15.0 Å². The van der Waals surface area contributed by atoms with Gasteiger partial charge in [0.25, 0.3) is 11.8 Å². The highest BCUT2D eigenvalue weighted by atomic mass is 16.5. The van der Waals surface area contributed by atoms with E-state index in [0.29, 0.717) is 63.7 Å². The van der Waals surface area contributed by atoms with Crippen LogP contribution in [0.15, 0.2) is 46.9 Å². The molecule has 7 N–H and O–H groups in total. The van der Waals surface area contributed by atoms with Gasteiger partial charge < -0.3 is 39.6 Å². The molecule has 19 nitrogen and oxygen atoms in total. The number of oxazole rings is 1. The monoisotopic (exact) mass is 765 g/mol. The number of imidazole rings is 2. The van der Waals surface area contributed by atoms with E-state index in [-0.39, 0.29) is 73.9 Å². The van der Waals surface area contributed by atoms with Crippen molar-refractivity contribution >= 4 is 57.6 Å². The van der Waals surface area contributed by atoms with E-state index in [2.05, 4.69) is 30.7 Å². The molecular weight excluding hydrogens is 726 g/mol. The van der Waals surface area contributed by atoms with Gasteiger partial charge in [-0.1, -0.05) is 19.1 Å². The van der Waals surface area contributed by atoms with Gasteiger partial charge in [0.1, 0.15) is 28.2 Å². The summed E-state index contributed by atoms with van der Waals surface area (Å²) in [6.45, 7) is 5.67. The number of benzene rings is 2. The number of aryl methyl sites for hydroxylation is 3. The lowest BCUT2D eigenvalue weighted by Crippen LogP contribution is -2.21. The lowest BCUT2D eigenvalue weighted by atomic mass is 10.1. The van der Waals surface area contributed by atoms with Crippen LogP contribution in [0, 0.1) is 13.8 Å². The minimum Gasteiger partial charge on any atom is -0.491 e. The number of carbonyl (C=O) groups is 4. The van der Waals surface area contributed by atoms with Crippen molar-refractivity contribution < 1.29 is 38.2 Å². The molecule has 19 heteroatoms. The van der Waals surface area contributed by atoms with Crippen LogP contribution in [0.4, 0.5) is 11.9 Å². The van der Waals surface area contributed by atoms with Gasteiger partial charge in [-0.3, -0.25) is 34.5 Å². The Kier molecular flexibility index (Phi) is 10.2. The molecule has 0 saturated heterocycles. The number of aliphatic hydroxyl groups excluding tert-OH is 1. The Labute approximate surface area is 318 Å². The summed E-state index contributed by atoms with van der Waals surface area (Å²) >= 11 is 0. The number of carbonyl (C=O) groups excluding carboxylic acids is 4. The molecule has 0 fully saturated rings. The zero-order valence-corrected chi connectivity index (χ0v) is 30.8. The molecule has 4 amide bonds. The average molecular weight is 766 g/mol. The molecule has 1 aliphatic heterocycles. The van der Waals surface area contributed by atoms with Crippen molar-refractivity contribution in [2.75, 3.05) is 30.5 Å². The number of nitrogens with one attached hydrogen (secondary N) is 2. The second-order valence-corrected chi connectivity index (χ2v) is 12.9. The van der Waals surface area contributed by atoms with Crippen molar-refractivity contribution in [3.05, 3.63) is 82.3 Å². The van der Waals surface area contributed by atoms with Crippen LogP contribution >= 0.6 is 0 Å². The highest BCUT2D eigenvalue weighted by molar-refractivity contribution is 6.05. The van der Waals surface area contributed by atoms with E-state index in [9.17, 15) is 24.3 Å². The predicted octanol–water partition coefficient (Wildman–Crippen LogP) is 2.86. The number of rotatable bonds is 9. The van der Waals surface area contributed by atoms with E-state index >= 15 is 0 Å². The zero-order chi connectivity index (χ0) is 39.7. The molecule has 0 unspecified atom stereocenters. The second kappa shape index (κ2) is 15.4. The van der Waals surface area contributed by atoms with Crippen molar-refractivity contribution in [2.45, 2.75) is 53.2 Å². The zero-order valence-electron chi connectivity index (χ0n) is 30.8. The largest absolute Gasteiger partial charge is 0.491 e. The third-order valence-corrected chi connectivity index (χ3v) is 8.97. The highest BCUT2D eigenvalue weighted by Crippen LogP contribution is 2.34. The normalized spacial score (nSPS) is 13.7. The maximum atomic E-state index is 13.6. The molecule has 290 valence electrons. The summed E-state index contributed by atoms with van der Waals surface area (Å²) in [5, 5.41) is 19.5. The van der Waals surface area contributed by atoms with E-state index in [1.54, 1.807) is 29.0 Å². The molecular formula is C37H39N11O8. The summed E-state index contributed by atoms with van der Waals surface area (Å²) < 4.78 is 22.9. The Morgan fingerprint density at radius 3 is 1.88 bits per heavy atom. The van der Waals surface area contributed by atoms with Gasteiger partial charge in [-0.05, 0) is 43.7 Å². The molecule has 0 bridgehead atoms. The van der Waals surface area contributed by atoms with Crippen LogP contribution in [-0.4, -0.2) is 82.4 Å². The molecule has 4 aromatic heterocycles. The number of anilines is 2. The molecule has 1 aliphatic rings. The van der Waals surface area contributed by atoms with Gasteiger partial charge in [0, 0.05) is 37.6 Å². The number of nitrogens with zero attached hydrogens (tertiary/aromatic N) is 7. The first-order chi connectivity index (χ1) is 26.9. The van der Waals surface area contributed by atoms with Crippen LogP contribution in [0.5, 0.6) is 11.5 Å². The van der Waals surface area contributed by atoms with Gasteiger partial charge in [-0.2, -0.15) is 5.10 Å². The SMILES string of the molecule is CCc1nc(C)oc1C(=O)Nc1nc2cc(C(N)=O)cc3c2n1C/C=C/Cn1c(NC(=O)c2cc(C)nn2CCO)nc2cc(C(N)=O)cc(c21)OCCCO3. The Morgan fingerprint density at radius 2 is 1.36 bits per heavy atom. The molecule has 7 rings (SSSR count). The fourth-order valence-corrected chi connectivity index (χ4v) is 6.50. The van der Waals surface area contributed by atoms with Crippen molar-refractivity contribution in [2.24, 2.45) is 11.5 Å². The maximum Gasteiger partial charge on any atom is 0.295 e. The third kappa shape index (κ3) is 7.26. The van der Waals surface area contributed by atoms with Gasteiger partial charge in [0.05, 0.1) is 48.8 Å². The third-order valence-electron chi connectivity index (χ3n) is 8.97. The van der Waals surface area contributed by atoms with Gasteiger partial charge >= 0.3 is 0 Å². The van der Waals surface area contributed by atoms with E-state index < -0.39 is 23.6 Å². The lowest BCUT2D eigenvalue weighted by Gasteiger charge is -2.13. The fraction of sp³-hybridized carbons (Fsp3) is 0.297. The van der Waals surface area contributed by atoms with Crippen LogP contribution < -0.4 is 31.6 Å². The molecule has 0 spiro atoms. The minimum absolute atomic E-state index is 0.0540. The summed E-state index contributed by atoms with van der Waals surface area (Å²) in [5.74, 6) is -1.22. The number of aromatic nitrogens is 7. The maximum absolute atomic E-state index is 13.6. The smallest absolute Gasteiger partial charge is 0.295 e. The fourth-order valence-electron chi connectivity index (χ4n) is 6.50. The number of nitrogens with two attached hydrogens (primary N) is 2. The van der Waals surface area contributed by atoms with Crippen LogP contribution in [0.3, 0.4) is 0 Å². The molecule has 5 heterocycles. The number of allylic oxidation sites excluding steroid dienone is 2. The van der Waals surface area contributed by atoms with Crippen molar-refractivity contribution in [3.63, 3.8) is 0 Å². The van der Waals surface area contributed by atoms with Crippen LogP contribution in [0.1, 0.15) is 72.4 Å². The summed E-state index contributed by atoms with van der Waals surface area (Å²) in [4.78, 5) is 65.6. The quantitative estimate of drug-likeness (QED) is 0.133. The highest BCUT2D eigenvalue weighted by Gasteiger charge is 2.25. The number of primary amides is 2. The standard InChI is InChI=1S/C37H39N11O8/c1-4-23-31(56-20(3)40-23)35(53)44-37-42-25-16-22(33(39)51)18-28-30(25)47(37)9-6-5-8-46-29-24(15-21(32(38)50)17-27(29)54-12-7-13-55-28)41-36(46)43-34(52)26-14-19(2)45-48(26)10-11-49/h5-6,14-18,49H,4,7-13H2,1-3H3,(H2,38,50)(H2,39,51)(H,41,43,52)(H,42,44,53)/b6-5+. The minimum atomic E-state index is -0.699. The topological polar surface area (TPSA) is 263 Å². The Bertz CT molecular complexity index is 2560. The number of hydrogen-bond acceptors (Lipinski definition) is 12. The summed E-state index contributed by atoms with van der Waals surface area (Å²) in [5.41, 5.74) is 14.6. The number of ether oxygens (including phenoxy) is 2. The van der Waals surface area contributed by atoms with E-state index in [1.807, 2.05) is 19.1 Å². The van der Waals surface area contributed by atoms with Gasteiger partial charge in [0.2, 0.25) is 29.5 Å². The van der Waals surface area contributed by atoms with Crippen LogP contribution in [-0.2, 0) is 26.1 Å². The Hall–Kier alpha value is -7.02. The lowest BCUT2D eigenvalue weighted by molar-refractivity contribution is 0.0987. The summed E-state index contributed by atoms with van der Waals surface area (Å²) in [7, 11) is 0. The molecule has 0 saturated carbocycles. The van der Waals surface area contributed by atoms with Gasteiger partial charge in [0.15, 0.2) is 5.89 Å². The van der Waals surface area contributed by atoms with Crippen LogP contribution in [0.25, 0.3) is 22.1 Å². The van der Waals surface area contributed by atoms with E-state index in [0.717, 1.165) is 0 Å². The molecule has 56 heavy (non-hydrogen) atoms. The number of hydrogen-bond donors (Lipinski definition) is 5. The number of amides is 4. The Morgan fingerprint density at radius 1 is 0.804 bits per heavy atom. The molecule has 0 aliphatic carbocycles. The van der Waals surface area contributed by atoms with Gasteiger partial charge in [-0.15, -0.1) is 0 Å². The predicted molar refractivity (Wildman–Crippen MR) is 202 cm³/mol. The van der Waals surface area contributed by atoms with E-state index in [1.165, 1.54) is 28.9 Å². The van der Waals surface area contributed by atoms with E-state index in [4.69, 9.17) is 25.4 Å². The van der Waals surface area contributed by atoms with Crippen LogP contribution in [0.2, 0.25) is 0 Å². The van der Waals surface area contributed by atoms with Crippen molar-refractivity contribution in [1.29, 1.82) is 0 Å². The molecule has 2 aromatic carbocycles. The molecule has 0 radical (unpaired) electrons.